The van der Waals surface area contributed by atoms with Crippen molar-refractivity contribution in [1.29, 1.82) is 0 Å². The summed E-state index contributed by atoms with van der Waals surface area (Å²) in [6.07, 6.45) is 29.4. The lowest BCUT2D eigenvalue weighted by atomic mass is 9.63. The molecule has 0 radical (unpaired) electrons. The Hall–Kier alpha value is -2.89. The second-order valence-electron chi connectivity index (χ2n) is 15.0. The number of carbonyl (C=O) groups is 2. The molecule has 9 heteroatoms. The number of halogens is 1. The summed E-state index contributed by atoms with van der Waals surface area (Å²) in [6.45, 7) is 4.53. The zero-order valence-corrected chi connectivity index (χ0v) is 29.6. The van der Waals surface area contributed by atoms with Crippen LogP contribution in [0.1, 0.15) is 102 Å². The van der Waals surface area contributed by atoms with Crippen LogP contribution in [0.2, 0.25) is 5.02 Å². The zero-order chi connectivity index (χ0) is 33.8. The van der Waals surface area contributed by atoms with Gasteiger partial charge in [0.2, 0.25) is 11.8 Å². The van der Waals surface area contributed by atoms with E-state index in [1.807, 2.05) is 40.2 Å². The van der Waals surface area contributed by atoms with Crippen LogP contribution in [-0.4, -0.2) is 63.7 Å². The third kappa shape index (κ3) is 10.3. The highest BCUT2D eigenvalue weighted by Gasteiger charge is 2.44. The van der Waals surface area contributed by atoms with Crippen molar-refractivity contribution >= 4 is 23.4 Å². The Morgan fingerprint density at radius 1 is 0.917 bits per heavy atom. The first-order chi connectivity index (χ1) is 23.5. The van der Waals surface area contributed by atoms with Crippen molar-refractivity contribution in [2.45, 2.75) is 115 Å². The summed E-state index contributed by atoms with van der Waals surface area (Å²) in [5.41, 5.74) is 1.14. The number of amides is 2. The van der Waals surface area contributed by atoms with Crippen molar-refractivity contribution in [2.75, 3.05) is 26.2 Å². The van der Waals surface area contributed by atoms with Crippen molar-refractivity contribution in [3.05, 3.63) is 47.5 Å². The van der Waals surface area contributed by atoms with Gasteiger partial charge < -0.3 is 15.5 Å². The van der Waals surface area contributed by atoms with E-state index in [9.17, 15) is 9.59 Å². The standard InChI is InChI=1S/C37H55ClN6O2.C2H2/c38-33-15-12-28(13-16-33)22-34(42-35(45)17-14-30-6-4-5-7-31(30)24-39-23-29-10-11-29)36(46)43-20-18-37(19-21-43,25-44-27-40-26-41-44)32-8-2-1-3-9-32;1-2/h12-13,15-16,26-27,29-32,34,39H,1-11,14,17-25H2,(H,42,45);1-2H/t30?,31?,34-;/m1./s1. The fourth-order valence-electron chi connectivity index (χ4n) is 8.81. The van der Waals surface area contributed by atoms with Gasteiger partial charge in [-0.05, 0) is 111 Å². The highest BCUT2D eigenvalue weighted by atomic mass is 35.5. The van der Waals surface area contributed by atoms with Gasteiger partial charge in [-0.15, -0.1) is 12.8 Å². The maximum atomic E-state index is 14.2. The fourth-order valence-corrected chi connectivity index (χ4v) is 8.93. The molecule has 0 bridgehead atoms. The number of nitrogens with zero attached hydrogens (tertiary/aromatic N) is 4. The Labute approximate surface area is 293 Å². The number of piperidine rings is 1. The molecule has 2 N–H and O–H groups in total. The van der Waals surface area contributed by atoms with Gasteiger partial charge >= 0.3 is 0 Å². The smallest absolute Gasteiger partial charge is 0.245 e. The molecule has 2 unspecified atom stereocenters. The molecule has 0 spiro atoms. The molecule has 1 aromatic carbocycles. The number of carbonyl (C=O) groups excluding carboxylic acids is 2. The van der Waals surface area contributed by atoms with E-state index in [1.165, 1.54) is 70.6 Å². The predicted octanol–water partition coefficient (Wildman–Crippen LogP) is 6.68. The molecular formula is C39H57ClN6O2. The molecule has 262 valence electrons. The number of hydrogen-bond donors (Lipinski definition) is 2. The summed E-state index contributed by atoms with van der Waals surface area (Å²) in [6, 6.07) is 7.10. The van der Waals surface area contributed by atoms with Gasteiger partial charge in [0.25, 0.3) is 0 Å². The highest BCUT2D eigenvalue weighted by molar-refractivity contribution is 6.30. The molecule has 1 aliphatic heterocycles. The van der Waals surface area contributed by atoms with Crippen LogP contribution in [0.4, 0.5) is 0 Å². The lowest BCUT2D eigenvalue weighted by molar-refractivity contribution is -0.139. The summed E-state index contributed by atoms with van der Waals surface area (Å²) >= 11 is 6.18. The minimum atomic E-state index is -0.575. The van der Waals surface area contributed by atoms with Crippen LogP contribution < -0.4 is 10.6 Å². The number of likely N-dealkylation sites (tertiary alicyclic amines) is 1. The minimum Gasteiger partial charge on any atom is -0.344 e. The van der Waals surface area contributed by atoms with Crippen LogP contribution in [0.25, 0.3) is 0 Å². The molecule has 3 saturated carbocycles. The first-order valence-corrected chi connectivity index (χ1v) is 19.0. The highest BCUT2D eigenvalue weighted by Crippen LogP contribution is 2.47. The van der Waals surface area contributed by atoms with Gasteiger partial charge in [-0.3, -0.25) is 14.3 Å². The lowest BCUT2D eigenvalue weighted by Crippen LogP contribution is -2.54. The molecule has 3 atom stereocenters. The Morgan fingerprint density at radius 3 is 2.27 bits per heavy atom. The first-order valence-electron chi connectivity index (χ1n) is 18.7. The van der Waals surface area contributed by atoms with Crippen molar-refractivity contribution in [1.82, 2.24) is 30.3 Å². The third-order valence-corrected chi connectivity index (χ3v) is 12.1. The van der Waals surface area contributed by atoms with Gasteiger partial charge in [-0.1, -0.05) is 62.3 Å². The summed E-state index contributed by atoms with van der Waals surface area (Å²) < 4.78 is 2.00. The molecule has 3 aliphatic carbocycles. The topological polar surface area (TPSA) is 92.2 Å². The minimum absolute atomic E-state index is 0.00215. The molecular weight excluding hydrogens is 620 g/mol. The van der Waals surface area contributed by atoms with Crippen molar-refractivity contribution in [3.63, 3.8) is 0 Å². The van der Waals surface area contributed by atoms with E-state index in [0.29, 0.717) is 48.7 Å². The molecule has 1 aromatic heterocycles. The Kier molecular flexibility index (Phi) is 13.8. The van der Waals surface area contributed by atoms with Gasteiger partial charge in [0, 0.05) is 37.5 Å². The number of aromatic nitrogens is 3. The maximum absolute atomic E-state index is 14.2. The SMILES string of the molecule is C#C.O=C(CCC1CCCCC1CNCC1CC1)N[C@H](Cc1ccc(Cl)cc1)C(=O)N1CCC(Cn2cncn2)(C2CCCCC2)CC1. The summed E-state index contributed by atoms with van der Waals surface area (Å²) in [5.74, 6) is 2.82. The van der Waals surface area contributed by atoms with Crippen LogP contribution in [0, 0.1) is 41.9 Å². The average Bonchev–Trinajstić information content (AvgIpc) is 3.82. The molecule has 48 heavy (non-hydrogen) atoms. The van der Waals surface area contributed by atoms with E-state index in [0.717, 1.165) is 50.4 Å². The number of hydrogen-bond acceptors (Lipinski definition) is 5. The van der Waals surface area contributed by atoms with E-state index in [2.05, 4.69) is 33.6 Å². The van der Waals surface area contributed by atoms with Gasteiger partial charge in [0.05, 0.1) is 0 Å². The van der Waals surface area contributed by atoms with E-state index in [-0.39, 0.29) is 17.2 Å². The second-order valence-corrected chi connectivity index (χ2v) is 15.4. The zero-order valence-electron chi connectivity index (χ0n) is 28.8. The largest absolute Gasteiger partial charge is 0.344 e. The molecule has 2 aromatic rings. The summed E-state index contributed by atoms with van der Waals surface area (Å²) in [7, 11) is 0. The van der Waals surface area contributed by atoms with E-state index in [4.69, 9.17) is 11.6 Å². The van der Waals surface area contributed by atoms with Gasteiger partial charge in [0.15, 0.2) is 0 Å². The van der Waals surface area contributed by atoms with Crippen molar-refractivity contribution in [3.8, 4) is 12.8 Å². The van der Waals surface area contributed by atoms with Crippen LogP contribution in [0.15, 0.2) is 36.9 Å². The molecule has 6 rings (SSSR count). The normalized spacial score (nSPS) is 23.4. The number of nitrogens with one attached hydrogen (secondary N) is 2. The quantitative estimate of drug-likeness (QED) is 0.218. The van der Waals surface area contributed by atoms with Crippen molar-refractivity contribution < 1.29 is 9.59 Å². The lowest BCUT2D eigenvalue weighted by Gasteiger charge is -2.48. The molecule has 1 saturated heterocycles. The fraction of sp³-hybridized carbons (Fsp3) is 0.692. The molecule has 8 nitrogen and oxygen atoms in total. The monoisotopic (exact) mass is 676 g/mol. The predicted molar refractivity (Wildman–Crippen MR) is 192 cm³/mol. The van der Waals surface area contributed by atoms with E-state index >= 15 is 0 Å². The van der Waals surface area contributed by atoms with Crippen LogP contribution in [0.3, 0.4) is 0 Å². The number of terminal acetylenes is 1. The van der Waals surface area contributed by atoms with Crippen LogP contribution in [0.5, 0.6) is 0 Å². The Bertz CT molecular complexity index is 1280. The molecule has 4 fully saturated rings. The van der Waals surface area contributed by atoms with E-state index in [1.54, 1.807) is 6.33 Å². The van der Waals surface area contributed by atoms with Gasteiger partial charge in [-0.2, -0.15) is 5.10 Å². The van der Waals surface area contributed by atoms with Crippen molar-refractivity contribution in [2.24, 2.45) is 29.1 Å². The van der Waals surface area contributed by atoms with Crippen LogP contribution >= 0.6 is 11.6 Å². The Balaban J connectivity index is 0.00000221. The Morgan fingerprint density at radius 2 is 1.60 bits per heavy atom. The molecule has 4 aliphatic rings. The molecule has 2 heterocycles. The average molecular weight is 677 g/mol. The number of rotatable bonds is 14. The molecule has 2 amide bonds. The van der Waals surface area contributed by atoms with Crippen LogP contribution in [-0.2, 0) is 22.6 Å². The maximum Gasteiger partial charge on any atom is 0.245 e. The van der Waals surface area contributed by atoms with E-state index < -0.39 is 6.04 Å². The summed E-state index contributed by atoms with van der Waals surface area (Å²) in [4.78, 5) is 33.9. The summed E-state index contributed by atoms with van der Waals surface area (Å²) in [5, 5.41) is 12.1. The van der Waals surface area contributed by atoms with Gasteiger partial charge in [0.1, 0.15) is 18.7 Å². The second kappa shape index (κ2) is 18.2. The van der Waals surface area contributed by atoms with Gasteiger partial charge in [-0.25, -0.2) is 4.98 Å². The first kappa shape index (κ1) is 36.4. The third-order valence-electron chi connectivity index (χ3n) is 11.8. The number of benzene rings is 1.